The van der Waals surface area contributed by atoms with E-state index in [2.05, 4.69) is 30.8 Å². The van der Waals surface area contributed by atoms with Gasteiger partial charge in [0.2, 0.25) is 5.82 Å². The Morgan fingerprint density at radius 1 is 1.25 bits per heavy atom. The number of H-pyrrole nitrogens is 1. The first-order chi connectivity index (χ1) is 13.4. The van der Waals surface area contributed by atoms with Crippen LogP contribution in [0.25, 0.3) is 11.6 Å². The van der Waals surface area contributed by atoms with E-state index in [0.29, 0.717) is 41.4 Å². The number of furan rings is 1. The number of nitrogens with one attached hydrogen (secondary N) is 3. The van der Waals surface area contributed by atoms with Gasteiger partial charge >= 0.3 is 0 Å². The van der Waals surface area contributed by atoms with Crippen molar-refractivity contribution in [1.82, 2.24) is 25.8 Å². The SMILES string of the molecule is CN=C(NCc1ccc(S(C)(=O)=O)c(C)c1)NCc1nc(-c2ccco2)n[nH]1. The number of sulfone groups is 1. The first-order valence-electron chi connectivity index (χ1n) is 8.56. The van der Waals surface area contributed by atoms with Crippen molar-refractivity contribution < 1.29 is 12.8 Å². The van der Waals surface area contributed by atoms with Crippen LogP contribution in [0, 0.1) is 6.92 Å². The average molecular weight is 402 g/mol. The molecular formula is C18H22N6O3S. The minimum absolute atomic E-state index is 0.344. The van der Waals surface area contributed by atoms with Crippen LogP contribution in [0.3, 0.4) is 0 Å². The Bertz CT molecular complexity index is 1070. The second kappa shape index (κ2) is 8.26. The van der Waals surface area contributed by atoms with Gasteiger partial charge in [-0.1, -0.05) is 12.1 Å². The molecule has 3 rings (SSSR count). The lowest BCUT2D eigenvalue weighted by molar-refractivity contribution is 0.577. The first kappa shape index (κ1) is 19.6. The zero-order valence-electron chi connectivity index (χ0n) is 15.9. The van der Waals surface area contributed by atoms with Crippen molar-refractivity contribution in [2.24, 2.45) is 4.99 Å². The smallest absolute Gasteiger partial charge is 0.216 e. The Morgan fingerprint density at radius 2 is 2.04 bits per heavy atom. The summed E-state index contributed by atoms with van der Waals surface area (Å²) in [6.45, 7) is 2.69. The summed E-state index contributed by atoms with van der Waals surface area (Å²) < 4.78 is 28.7. The summed E-state index contributed by atoms with van der Waals surface area (Å²) in [5.41, 5.74) is 1.67. The van der Waals surface area contributed by atoms with E-state index in [0.717, 1.165) is 11.1 Å². The zero-order valence-corrected chi connectivity index (χ0v) is 16.7. The fraction of sp³-hybridized carbons (Fsp3) is 0.278. The highest BCUT2D eigenvalue weighted by Crippen LogP contribution is 2.16. The summed E-state index contributed by atoms with van der Waals surface area (Å²) in [6.07, 6.45) is 2.78. The lowest BCUT2D eigenvalue weighted by Crippen LogP contribution is -2.36. The van der Waals surface area contributed by atoms with Gasteiger partial charge in [0.05, 0.1) is 17.7 Å². The maximum absolute atomic E-state index is 11.7. The molecule has 3 N–H and O–H groups in total. The van der Waals surface area contributed by atoms with E-state index in [1.165, 1.54) is 6.26 Å². The molecule has 28 heavy (non-hydrogen) atoms. The van der Waals surface area contributed by atoms with Gasteiger partial charge in [-0.3, -0.25) is 10.1 Å². The standard InChI is InChI=1S/C18H22N6O3S/c1-12-9-13(6-7-15(12)28(3,25)26)10-20-18(19-2)21-11-16-22-17(24-23-16)14-5-4-8-27-14/h4-9H,10-11H2,1-3H3,(H2,19,20,21)(H,22,23,24). The van der Waals surface area contributed by atoms with Crippen LogP contribution >= 0.6 is 0 Å². The van der Waals surface area contributed by atoms with Crippen LogP contribution in [-0.2, 0) is 22.9 Å². The molecule has 0 radical (unpaired) electrons. The van der Waals surface area contributed by atoms with Crippen LogP contribution in [0.1, 0.15) is 17.0 Å². The van der Waals surface area contributed by atoms with Crippen molar-refractivity contribution in [3.63, 3.8) is 0 Å². The Hall–Kier alpha value is -3.14. The van der Waals surface area contributed by atoms with Gasteiger partial charge in [-0.05, 0) is 36.2 Å². The molecule has 0 spiro atoms. The van der Waals surface area contributed by atoms with Crippen LogP contribution in [0.15, 0.2) is 50.9 Å². The minimum atomic E-state index is -3.22. The van der Waals surface area contributed by atoms with Crippen molar-refractivity contribution in [2.75, 3.05) is 13.3 Å². The maximum atomic E-state index is 11.7. The van der Waals surface area contributed by atoms with Crippen LogP contribution in [0.5, 0.6) is 0 Å². The number of hydrogen-bond donors (Lipinski definition) is 3. The molecule has 0 unspecified atom stereocenters. The number of rotatable bonds is 6. The topological polar surface area (TPSA) is 125 Å². The third kappa shape index (κ3) is 4.77. The molecular weight excluding hydrogens is 380 g/mol. The van der Waals surface area contributed by atoms with Crippen LogP contribution in [0.2, 0.25) is 0 Å². The van der Waals surface area contributed by atoms with Crippen molar-refractivity contribution in [3.05, 3.63) is 53.5 Å². The van der Waals surface area contributed by atoms with Crippen molar-refractivity contribution in [1.29, 1.82) is 0 Å². The third-order valence-corrected chi connectivity index (χ3v) is 5.28. The van der Waals surface area contributed by atoms with Gasteiger partial charge < -0.3 is 15.1 Å². The predicted molar refractivity (Wildman–Crippen MR) is 105 cm³/mol. The highest BCUT2D eigenvalue weighted by atomic mass is 32.2. The normalized spacial score (nSPS) is 12.2. The van der Waals surface area contributed by atoms with E-state index in [1.54, 1.807) is 44.5 Å². The van der Waals surface area contributed by atoms with Crippen LogP contribution in [0.4, 0.5) is 0 Å². The molecule has 3 aromatic rings. The number of aromatic amines is 1. The van der Waals surface area contributed by atoms with Gasteiger partial charge in [0, 0.05) is 19.8 Å². The third-order valence-electron chi connectivity index (χ3n) is 4.02. The van der Waals surface area contributed by atoms with E-state index >= 15 is 0 Å². The Labute approximate surface area is 163 Å². The molecule has 0 fully saturated rings. The molecule has 2 aromatic heterocycles. The van der Waals surface area contributed by atoms with Gasteiger partial charge in [-0.2, -0.15) is 0 Å². The molecule has 0 bridgehead atoms. The van der Waals surface area contributed by atoms with Crippen molar-refractivity contribution in [3.8, 4) is 11.6 Å². The second-order valence-electron chi connectivity index (χ2n) is 6.23. The molecule has 0 saturated heterocycles. The van der Waals surface area contributed by atoms with Gasteiger partial charge in [0.1, 0.15) is 5.82 Å². The molecule has 0 aliphatic heterocycles. The monoisotopic (exact) mass is 402 g/mol. The number of nitrogens with zero attached hydrogens (tertiary/aromatic N) is 3. The molecule has 0 aliphatic rings. The fourth-order valence-corrected chi connectivity index (χ4v) is 3.66. The zero-order chi connectivity index (χ0) is 20.1. The second-order valence-corrected chi connectivity index (χ2v) is 8.22. The number of aliphatic imine (C=N–C) groups is 1. The van der Waals surface area contributed by atoms with Gasteiger partial charge in [-0.25, -0.2) is 13.4 Å². The molecule has 1 aromatic carbocycles. The molecule has 10 heteroatoms. The quantitative estimate of drug-likeness (QED) is 0.423. The molecule has 2 heterocycles. The lowest BCUT2D eigenvalue weighted by atomic mass is 10.1. The lowest BCUT2D eigenvalue weighted by Gasteiger charge is -2.12. The summed E-state index contributed by atoms with van der Waals surface area (Å²) >= 11 is 0. The summed E-state index contributed by atoms with van der Waals surface area (Å²) in [5, 5.41) is 13.3. The Kier molecular flexibility index (Phi) is 5.78. The fourth-order valence-electron chi connectivity index (χ4n) is 2.70. The highest BCUT2D eigenvalue weighted by Gasteiger charge is 2.11. The summed E-state index contributed by atoms with van der Waals surface area (Å²) in [5.74, 6) is 2.31. The van der Waals surface area contributed by atoms with E-state index in [-0.39, 0.29) is 0 Å². The summed E-state index contributed by atoms with van der Waals surface area (Å²) in [6, 6.07) is 8.83. The number of aryl methyl sites for hydroxylation is 1. The van der Waals surface area contributed by atoms with E-state index < -0.39 is 9.84 Å². The minimum Gasteiger partial charge on any atom is -0.461 e. The van der Waals surface area contributed by atoms with Crippen LogP contribution in [-0.4, -0.2) is 42.9 Å². The van der Waals surface area contributed by atoms with Gasteiger partial charge in [0.25, 0.3) is 0 Å². The van der Waals surface area contributed by atoms with Crippen LogP contribution < -0.4 is 10.6 Å². The summed E-state index contributed by atoms with van der Waals surface area (Å²) in [4.78, 5) is 8.87. The Morgan fingerprint density at radius 3 is 2.68 bits per heavy atom. The van der Waals surface area contributed by atoms with E-state index in [4.69, 9.17) is 4.42 Å². The first-order valence-corrected chi connectivity index (χ1v) is 10.4. The van der Waals surface area contributed by atoms with Crippen molar-refractivity contribution >= 4 is 15.8 Å². The van der Waals surface area contributed by atoms with Gasteiger partial charge in [-0.15, -0.1) is 5.10 Å². The largest absolute Gasteiger partial charge is 0.461 e. The van der Waals surface area contributed by atoms with Crippen molar-refractivity contribution in [2.45, 2.75) is 24.9 Å². The van der Waals surface area contributed by atoms with E-state index in [1.807, 2.05) is 6.07 Å². The number of guanidine groups is 1. The molecule has 148 valence electrons. The Balaban J connectivity index is 1.56. The number of hydrogen-bond acceptors (Lipinski definition) is 6. The van der Waals surface area contributed by atoms with Gasteiger partial charge in [0.15, 0.2) is 21.6 Å². The number of benzene rings is 1. The molecule has 0 aliphatic carbocycles. The summed E-state index contributed by atoms with van der Waals surface area (Å²) in [7, 11) is -1.55. The van der Waals surface area contributed by atoms with E-state index in [9.17, 15) is 8.42 Å². The number of aromatic nitrogens is 3. The molecule has 0 atom stereocenters. The maximum Gasteiger partial charge on any atom is 0.216 e. The molecule has 9 nitrogen and oxygen atoms in total. The molecule has 0 amide bonds. The predicted octanol–water partition coefficient (Wildman–Crippen LogP) is 1.64. The average Bonchev–Trinajstić information content (AvgIpc) is 3.32. The highest BCUT2D eigenvalue weighted by molar-refractivity contribution is 7.90. The molecule has 0 saturated carbocycles.